The highest BCUT2D eigenvalue weighted by molar-refractivity contribution is 5.91. The number of hydrogen-bond donors (Lipinski definition) is 1. The van der Waals surface area contributed by atoms with Gasteiger partial charge in [0.15, 0.2) is 0 Å². The zero-order chi connectivity index (χ0) is 11.6. The second kappa shape index (κ2) is 3.95. The molecule has 6 nitrogen and oxygen atoms in total. The van der Waals surface area contributed by atoms with E-state index in [-0.39, 0.29) is 17.0 Å². The standard InChI is InChI=1S/C9H9NO5/c1-5-7(9(11)12)3-6(10(13)14)4-8(5)15-2/h3-4H,1-2H3,(H,11,12). The second-order valence-electron chi connectivity index (χ2n) is 2.88. The van der Waals surface area contributed by atoms with Crippen LogP contribution in [0.4, 0.5) is 5.69 Å². The smallest absolute Gasteiger partial charge is 0.336 e. The number of ether oxygens (including phenoxy) is 1. The van der Waals surface area contributed by atoms with Gasteiger partial charge in [-0.05, 0) is 6.92 Å². The van der Waals surface area contributed by atoms with Crippen LogP contribution in [-0.4, -0.2) is 23.1 Å². The first kappa shape index (κ1) is 11.0. The van der Waals surface area contributed by atoms with Gasteiger partial charge < -0.3 is 9.84 Å². The highest BCUT2D eigenvalue weighted by Crippen LogP contribution is 2.27. The molecule has 0 radical (unpaired) electrons. The summed E-state index contributed by atoms with van der Waals surface area (Å²) in [5.41, 5.74) is -0.0495. The van der Waals surface area contributed by atoms with Crippen LogP contribution in [0.25, 0.3) is 0 Å². The Hall–Kier alpha value is -2.11. The summed E-state index contributed by atoms with van der Waals surface area (Å²) in [6.45, 7) is 1.53. The normalized spacial score (nSPS) is 9.73. The molecule has 0 aliphatic carbocycles. The van der Waals surface area contributed by atoms with Gasteiger partial charge in [0.2, 0.25) is 0 Å². The van der Waals surface area contributed by atoms with Crippen LogP contribution in [0.3, 0.4) is 0 Å². The molecule has 1 N–H and O–H groups in total. The van der Waals surface area contributed by atoms with E-state index in [9.17, 15) is 14.9 Å². The van der Waals surface area contributed by atoms with Gasteiger partial charge in [0, 0.05) is 11.6 Å². The predicted octanol–water partition coefficient (Wildman–Crippen LogP) is 1.61. The van der Waals surface area contributed by atoms with E-state index >= 15 is 0 Å². The lowest BCUT2D eigenvalue weighted by molar-refractivity contribution is -0.385. The number of hydrogen-bond acceptors (Lipinski definition) is 4. The average Bonchev–Trinajstić information content (AvgIpc) is 2.17. The van der Waals surface area contributed by atoms with E-state index in [1.807, 2.05) is 0 Å². The zero-order valence-corrected chi connectivity index (χ0v) is 8.18. The molecular formula is C9H9NO5. The van der Waals surface area contributed by atoms with Crippen LogP contribution in [-0.2, 0) is 0 Å². The number of nitrogens with zero attached hydrogens (tertiary/aromatic N) is 1. The molecule has 15 heavy (non-hydrogen) atoms. The van der Waals surface area contributed by atoms with E-state index in [0.717, 1.165) is 6.07 Å². The Balaban J connectivity index is 3.45. The fraction of sp³-hybridized carbons (Fsp3) is 0.222. The maximum Gasteiger partial charge on any atom is 0.336 e. The molecule has 80 valence electrons. The zero-order valence-electron chi connectivity index (χ0n) is 8.18. The number of benzene rings is 1. The molecule has 0 bridgehead atoms. The van der Waals surface area contributed by atoms with Gasteiger partial charge >= 0.3 is 5.97 Å². The molecule has 0 aliphatic heterocycles. The van der Waals surface area contributed by atoms with E-state index in [2.05, 4.69) is 0 Å². The van der Waals surface area contributed by atoms with Gasteiger partial charge in [-0.3, -0.25) is 10.1 Å². The topological polar surface area (TPSA) is 89.7 Å². The van der Waals surface area contributed by atoms with Crippen LogP contribution in [0.5, 0.6) is 5.75 Å². The molecule has 0 heterocycles. The van der Waals surface area contributed by atoms with Gasteiger partial charge in [-0.25, -0.2) is 4.79 Å². The molecule has 0 fully saturated rings. The van der Waals surface area contributed by atoms with Crippen molar-refractivity contribution in [2.24, 2.45) is 0 Å². The van der Waals surface area contributed by atoms with Crippen molar-refractivity contribution in [1.82, 2.24) is 0 Å². The molecule has 0 amide bonds. The lowest BCUT2D eigenvalue weighted by Gasteiger charge is -2.06. The van der Waals surface area contributed by atoms with E-state index in [1.165, 1.54) is 20.1 Å². The minimum Gasteiger partial charge on any atom is -0.496 e. The first-order chi connectivity index (χ1) is 6.97. The fourth-order valence-electron chi connectivity index (χ4n) is 1.21. The maximum absolute atomic E-state index is 10.8. The summed E-state index contributed by atoms with van der Waals surface area (Å²) in [6.07, 6.45) is 0. The SMILES string of the molecule is COc1cc([N+](=O)[O-])cc(C(=O)O)c1C. The Labute approximate surface area is 85.2 Å². The highest BCUT2D eigenvalue weighted by Gasteiger charge is 2.18. The molecular weight excluding hydrogens is 202 g/mol. The molecule has 0 saturated heterocycles. The fourth-order valence-corrected chi connectivity index (χ4v) is 1.21. The Kier molecular flexibility index (Phi) is 2.89. The molecule has 0 unspecified atom stereocenters. The number of methoxy groups -OCH3 is 1. The third-order valence-corrected chi connectivity index (χ3v) is 2.01. The Bertz CT molecular complexity index is 427. The Morgan fingerprint density at radius 1 is 1.53 bits per heavy atom. The van der Waals surface area contributed by atoms with Crippen LogP contribution in [0.2, 0.25) is 0 Å². The van der Waals surface area contributed by atoms with Gasteiger partial charge in [-0.15, -0.1) is 0 Å². The molecule has 1 aromatic carbocycles. The highest BCUT2D eigenvalue weighted by atomic mass is 16.6. The van der Waals surface area contributed by atoms with Crippen LogP contribution in [0.1, 0.15) is 15.9 Å². The average molecular weight is 211 g/mol. The van der Waals surface area contributed by atoms with Crippen molar-refractivity contribution < 1.29 is 19.6 Å². The summed E-state index contributed by atoms with van der Waals surface area (Å²) >= 11 is 0. The second-order valence-corrected chi connectivity index (χ2v) is 2.88. The molecule has 6 heteroatoms. The predicted molar refractivity (Wildman–Crippen MR) is 51.3 cm³/mol. The molecule has 0 atom stereocenters. The van der Waals surface area contributed by atoms with Crippen molar-refractivity contribution >= 4 is 11.7 Å². The molecule has 0 aliphatic rings. The summed E-state index contributed by atoms with van der Waals surface area (Å²) in [7, 11) is 1.33. The lowest BCUT2D eigenvalue weighted by atomic mass is 10.1. The molecule has 0 saturated carbocycles. The van der Waals surface area contributed by atoms with Crippen molar-refractivity contribution in [1.29, 1.82) is 0 Å². The van der Waals surface area contributed by atoms with Crippen LogP contribution < -0.4 is 4.74 Å². The van der Waals surface area contributed by atoms with Gasteiger partial charge in [-0.1, -0.05) is 0 Å². The number of rotatable bonds is 3. The number of nitro groups is 1. The number of carbonyl (C=O) groups is 1. The summed E-state index contributed by atoms with van der Waals surface area (Å²) in [5.74, 6) is -1.02. The third kappa shape index (κ3) is 2.04. The molecule has 0 spiro atoms. The summed E-state index contributed by atoms with van der Waals surface area (Å²) in [4.78, 5) is 20.6. The van der Waals surface area contributed by atoms with Crippen molar-refractivity contribution in [3.05, 3.63) is 33.4 Å². The van der Waals surface area contributed by atoms with Crippen molar-refractivity contribution in [3.63, 3.8) is 0 Å². The van der Waals surface area contributed by atoms with Crippen molar-refractivity contribution in [2.75, 3.05) is 7.11 Å². The minimum absolute atomic E-state index is 0.124. The van der Waals surface area contributed by atoms with E-state index in [0.29, 0.717) is 5.56 Å². The summed E-state index contributed by atoms with van der Waals surface area (Å²) in [5, 5.41) is 19.3. The number of aromatic carboxylic acids is 1. The van der Waals surface area contributed by atoms with Crippen molar-refractivity contribution in [3.8, 4) is 5.75 Å². The van der Waals surface area contributed by atoms with Crippen LogP contribution in [0, 0.1) is 17.0 Å². The summed E-state index contributed by atoms with van der Waals surface area (Å²) in [6, 6.07) is 2.21. The van der Waals surface area contributed by atoms with Gasteiger partial charge in [0.1, 0.15) is 5.75 Å². The van der Waals surface area contributed by atoms with E-state index in [1.54, 1.807) is 0 Å². The monoisotopic (exact) mass is 211 g/mol. The molecule has 1 aromatic rings. The number of carboxylic acids is 1. The third-order valence-electron chi connectivity index (χ3n) is 2.01. The first-order valence-electron chi connectivity index (χ1n) is 4.03. The largest absolute Gasteiger partial charge is 0.496 e. The minimum atomic E-state index is -1.21. The molecule has 0 aromatic heterocycles. The van der Waals surface area contributed by atoms with Crippen LogP contribution >= 0.6 is 0 Å². The van der Waals surface area contributed by atoms with Gasteiger partial charge in [-0.2, -0.15) is 0 Å². The van der Waals surface area contributed by atoms with E-state index < -0.39 is 10.9 Å². The number of non-ortho nitro benzene ring substituents is 1. The first-order valence-corrected chi connectivity index (χ1v) is 4.03. The Morgan fingerprint density at radius 3 is 2.53 bits per heavy atom. The maximum atomic E-state index is 10.8. The van der Waals surface area contributed by atoms with Gasteiger partial charge in [0.05, 0.1) is 23.7 Å². The molecule has 1 rings (SSSR count). The number of nitro benzene ring substituents is 1. The van der Waals surface area contributed by atoms with E-state index in [4.69, 9.17) is 9.84 Å². The van der Waals surface area contributed by atoms with Gasteiger partial charge in [0.25, 0.3) is 5.69 Å². The lowest BCUT2D eigenvalue weighted by Crippen LogP contribution is -2.03. The Morgan fingerprint density at radius 2 is 2.13 bits per heavy atom. The summed E-state index contributed by atoms with van der Waals surface area (Å²) < 4.78 is 4.86. The van der Waals surface area contributed by atoms with Crippen molar-refractivity contribution in [2.45, 2.75) is 6.92 Å². The van der Waals surface area contributed by atoms with Crippen LogP contribution in [0.15, 0.2) is 12.1 Å². The quantitative estimate of drug-likeness (QED) is 0.605. The number of carboxylic acid groups (broad SMARTS) is 1.